The van der Waals surface area contributed by atoms with Gasteiger partial charge in [-0.05, 0) is 40.2 Å². The number of methoxy groups -OCH3 is 1. The molecule has 1 aliphatic rings. The molecule has 0 saturated carbocycles. The van der Waals surface area contributed by atoms with Crippen molar-refractivity contribution in [2.75, 3.05) is 13.7 Å². The molecule has 0 aromatic heterocycles. The monoisotopic (exact) mass is 570 g/mol. The van der Waals surface area contributed by atoms with Gasteiger partial charge in [0.25, 0.3) is 8.32 Å². The van der Waals surface area contributed by atoms with E-state index < -0.39 is 19.3 Å². The van der Waals surface area contributed by atoms with Crippen LogP contribution in [0, 0.1) is 11.3 Å². The van der Waals surface area contributed by atoms with E-state index in [-0.39, 0.29) is 16.9 Å². The lowest BCUT2D eigenvalue weighted by Gasteiger charge is -2.50. The van der Waals surface area contributed by atoms with Crippen LogP contribution in [0.5, 0.6) is 0 Å². The first-order valence-electron chi connectivity index (χ1n) is 14.8. The summed E-state index contributed by atoms with van der Waals surface area (Å²) in [6.07, 6.45) is 7.18. The number of carbonyl (C=O) groups is 1. The van der Waals surface area contributed by atoms with Gasteiger partial charge in [0.2, 0.25) is 0 Å². The molecule has 0 radical (unpaired) electrons. The van der Waals surface area contributed by atoms with Crippen LogP contribution in [0.2, 0.25) is 5.04 Å². The minimum Gasteiger partial charge on any atom is -0.467 e. The predicted molar refractivity (Wildman–Crippen MR) is 170 cm³/mol. The fraction of sp³-hybridized carbons (Fsp3) is 0.417. The Morgan fingerprint density at radius 1 is 0.902 bits per heavy atom. The van der Waals surface area contributed by atoms with E-state index in [4.69, 9.17) is 13.9 Å². The molecule has 41 heavy (non-hydrogen) atoms. The van der Waals surface area contributed by atoms with Crippen LogP contribution in [0.4, 0.5) is 0 Å². The van der Waals surface area contributed by atoms with Crippen molar-refractivity contribution in [3.05, 3.63) is 109 Å². The average Bonchev–Trinajstić information content (AvgIpc) is 2.99. The summed E-state index contributed by atoms with van der Waals surface area (Å²) in [6, 6.07) is 31.3. The molecule has 0 aliphatic heterocycles. The number of ether oxygens (including phenoxy) is 2. The van der Waals surface area contributed by atoms with E-state index >= 15 is 0 Å². The quantitative estimate of drug-likeness (QED) is 0.140. The molecule has 0 fully saturated rings. The Kier molecular flexibility index (Phi) is 9.73. The standard InChI is InChI=1S/C36H46O4Si/c1-29(27-40-41(34(2,3)4,31-21-13-8-14-22-31)32-23-15-9-16-24-32)36(33(37)38-6,35(5)25-17-10-18-26-35)39-28-30-19-11-7-12-20-30/h7-9,11-17,19-25,29H,10,18,26-28H2,1-6H3/t29-,35-,36-/m1/s1. The van der Waals surface area contributed by atoms with Gasteiger partial charge in [0.05, 0.1) is 13.7 Å². The Labute approximate surface area is 247 Å². The molecule has 0 saturated heterocycles. The highest BCUT2D eigenvalue weighted by atomic mass is 28.4. The van der Waals surface area contributed by atoms with Crippen LogP contribution in [0.25, 0.3) is 0 Å². The topological polar surface area (TPSA) is 44.8 Å². The third-order valence-corrected chi connectivity index (χ3v) is 13.9. The summed E-state index contributed by atoms with van der Waals surface area (Å²) in [5.41, 5.74) is -0.773. The second-order valence-electron chi connectivity index (χ2n) is 12.6. The summed E-state index contributed by atoms with van der Waals surface area (Å²) in [4.78, 5) is 14.0. The number of hydrogen-bond acceptors (Lipinski definition) is 4. The zero-order chi connectivity index (χ0) is 29.6. The highest BCUT2D eigenvalue weighted by Gasteiger charge is 2.59. The maximum absolute atomic E-state index is 14.0. The lowest BCUT2D eigenvalue weighted by molar-refractivity contribution is -0.205. The summed E-state index contributed by atoms with van der Waals surface area (Å²) in [6.45, 7) is 11.7. The van der Waals surface area contributed by atoms with E-state index in [1.54, 1.807) is 0 Å². The van der Waals surface area contributed by atoms with Crippen molar-refractivity contribution in [1.82, 2.24) is 0 Å². The Morgan fingerprint density at radius 2 is 1.44 bits per heavy atom. The first-order valence-corrected chi connectivity index (χ1v) is 16.7. The van der Waals surface area contributed by atoms with Crippen LogP contribution in [0.3, 0.4) is 0 Å². The number of hydrogen-bond donors (Lipinski definition) is 0. The smallest absolute Gasteiger partial charge is 0.339 e. The third-order valence-electron chi connectivity index (χ3n) is 8.86. The summed E-state index contributed by atoms with van der Waals surface area (Å²) < 4.78 is 19.8. The Balaban J connectivity index is 1.81. The van der Waals surface area contributed by atoms with Crippen molar-refractivity contribution in [2.45, 2.75) is 71.1 Å². The fourth-order valence-electron chi connectivity index (χ4n) is 6.74. The molecule has 3 atom stereocenters. The van der Waals surface area contributed by atoms with Crippen LogP contribution in [-0.2, 0) is 25.3 Å². The maximum Gasteiger partial charge on any atom is 0.339 e. The molecule has 0 unspecified atom stereocenters. The molecule has 4 rings (SSSR count). The molecule has 0 N–H and O–H groups in total. The van der Waals surface area contributed by atoms with E-state index in [1.807, 2.05) is 30.3 Å². The summed E-state index contributed by atoms with van der Waals surface area (Å²) >= 11 is 0. The lowest BCUT2D eigenvalue weighted by atomic mass is 9.62. The number of carbonyl (C=O) groups excluding carboxylic acids is 1. The summed E-state index contributed by atoms with van der Waals surface area (Å²) in [7, 11) is -1.36. The minimum absolute atomic E-state index is 0.178. The van der Waals surface area contributed by atoms with E-state index in [2.05, 4.69) is 107 Å². The Bertz CT molecular complexity index is 1250. The molecule has 0 amide bonds. The van der Waals surface area contributed by atoms with E-state index in [0.29, 0.717) is 13.2 Å². The molecule has 218 valence electrons. The molecule has 1 aliphatic carbocycles. The number of rotatable bonds is 11. The second-order valence-corrected chi connectivity index (χ2v) is 16.9. The average molecular weight is 571 g/mol. The maximum atomic E-state index is 14.0. The molecule has 0 spiro atoms. The minimum atomic E-state index is -2.82. The highest BCUT2D eigenvalue weighted by Crippen LogP contribution is 2.49. The zero-order valence-corrected chi connectivity index (χ0v) is 26.6. The van der Waals surface area contributed by atoms with Crippen molar-refractivity contribution >= 4 is 24.7 Å². The second kappa shape index (κ2) is 12.9. The molecule has 5 heteroatoms. The molecule has 3 aromatic rings. The van der Waals surface area contributed by atoms with Crippen molar-refractivity contribution in [1.29, 1.82) is 0 Å². The molecular formula is C36H46O4Si. The van der Waals surface area contributed by atoms with Gasteiger partial charge in [0.15, 0.2) is 5.60 Å². The molecule has 4 nitrogen and oxygen atoms in total. The number of allylic oxidation sites excluding steroid dienone is 1. The van der Waals surface area contributed by atoms with Crippen LogP contribution in [0.15, 0.2) is 103 Å². The van der Waals surface area contributed by atoms with E-state index in [0.717, 1.165) is 24.8 Å². The molecular weight excluding hydrogens is 524 g/mol. The number of benzene rings is 3. The van der Waals surface area contributed by atoms with Gasteiger partial charge in [0.1, 0.15) is 0 Å². The van der Waals surface area contributed by atoms with Crippen LogP contribution in [-0.4, -0.2) is 33.6 Å². The lowest BCUT2D eigenvalue weighted by Crippen LogP contribution is -2.68. The van der Waals surface area contributed by atoms with Crippen molar-refractivity contribution in [3.8, 4) is 0 Å². The van der Waals surface area contributed by atoms with Crippen molar-refractivity contribution < 1.29 is 18.7 Å². The SMILES string of the molecule is COC(=O)[C@](OCc1ccccc1)([C@H](C)CO[Si](c1ccccc1)(c1ccccc1)C(C)(C)C)[C@]1(C)C=CCCC1. The summed E-state index contributed by atoms with van der Waals surface area (Å²) in [5.74, 6) is -0.644. The van der Waals surface area contributed by atoms with E-state index in [1.165, 1.54) is 17.5 Å². The first-order chi connectivity index (χ1) is 19.6. The normalized spacial score (nSPS) is 19.8. The van der Waals surface area contributed by atoms with Gasteiger partial charge >= 0.3 is 5.97 Å². The summed E-state index contributed by atoms with van der Waals surface area (Å²) in [5, 5.41) is 2.25. The van der Waals surface area contributed by atoms with E-state index in [9.17, 15) is 4.79 Å². The predicted octanol–water partition coefficient (Wildman–Crippen LogP) is 7.07. The van der Waals surface area contributed by atoms with Gasteiger partial charge in [-0.15, -0.1) is 0 Å². The Morgan fingerprint density at radius 3 is 1.90 bits per heavy atom. The van der Waals surface area contributed by atoms with Crippen LogP contribution >= 0.6 is 0 Å². The van der Waals surface area contributed by atoms with Gasteiger partial charge in [-0.3, -0.25) is 0 Å². The number of esters is 1. The first kappa shape index (κ1) is 31.0. The zero-order valence-electron chi connectivity index (χ0n) is 25.6. The third kappa shape index (κ3) is 5.99. The van der Waals surface area contributed by atoms with Gasteiger partial charge in [-0.1, -0.05) is 138 Å². The molecule has 0 heterocycles. The van der Waals surface area contributed by atoms with Gasteiger partial charge in [-0.25, -0.2) is 4.79 Å². The van der Waals surface area contributed by atoms with Gasteiger partial charge in [-0.2, -0.15) is 0 Å². The largest absolute Gasteiger partial charge is 0.467 e. The Hall–Kier alpha value is -2.99. The molecule has 3 aromatic carbocycles. The highest BCUT2D eigenvalue weighted by molar-refractivity contribution is 6.99. The van der Waals surface area contributed by atoms with Crippen molar-refractivity contribution in [2.24, 2.45) is 11.3 Å². The van der Waals surface area contributed by atoms with Crippen LogP contribution < -0.4 is 10.4 Å². The molecule has 0 bridgehead atoms. The van der Waals surface area contributed by atoms with Gasteiger partial charge < -0.3 is 13.9 Å². The fourth-order valence-corrected chi connectivity index (χ4v) is 11.4. The van der Waals surface area contributed by atoms with Crippen LogP contribution in [0.1, 0.15) is 59.4 Å². The van der Waals surface area contributed by atoms with Gasteiger partial charge in [0, 0.05) is 17.9 Å². The van der Waals surface area contributed by atoms with Crippen molar-refractivity contribution in [3.63, 3.8) is 0 Å².